The lowest BCUT2D eigenvalue weighted by Gasteiger charge is -2.39. The van der Waals surface area contributed by atoms with Crippen LogP contribution in [0.2, 0.25) is 0 Å². The third-order valence-electron chi connectivity index (χ3n) is 8.33. The van der Waals surface area contributed by atoms with Crippen molar-refractivity contribution in [1.29, 1.82) is 0 Å². The molecule has 1 aliphatic heterocycles. The van der Waals surface area contributed by atoms with E-state index >= 15 is 0 Å². The second kappa shape index (κ2) is 9.98. The molecule has 0 saturated heterocycles. The van der Waals surface area contributed by atoms with Crippen LogP contribution in [-0.2, 0) is 5.41 Å². The molecular formula is C36H38O2. The second-order valence-electron chi connectivity index (χ2n) is 11.2. The van der Waals surface area contributed by atoms with Gasteiger partial charge in [-0.2, -0.15) is 0 Å². The van der Waals surface area contributed by atoms with Crippen LogP contribution in [0.15, 0.2) is 72.8 Å². The van der Waals surface area contributed by atoms with Crippen LogP contribution in [0.1, 0.15) is 84.4 Å². The maximum Gasteiger partial charge on any atom is 0.135 e. The van der Waals surface area contributed by atoms with Crippen LogP contribution in [-0.4, -0.2) is 6.61 Å². The molecule has 1 heterocycles. The molecule has 2 aliphatic rings. The summed E-state index contributed by atoms with van der Waals surface area (Å²) >= 11 is 0. The van der Waals surface area contributed by atoms with Gasteiger partial charge in [-0.3, -0.25) is 0 Å². The Morgan fingerprint density at radius 2 is 1.13 bits per heavy atom. The molecule has 0 radical (unpaired) electrons. The Kier molecular flexibility index (Phi) is 6.51. The Morgan fingerprint density at radius 3 is 1.82 bits per heavy atom. The highest BCUT2D eigenvalue weighted by Gasteiger charge is 2.51. The van der Waals surface area contributed by atoms with Crippen LogP contribution < -0.4 is 9.47 Å². The normalized spacial score (nSPS) is 13.9. The van der Waals surface area contributed by atoms with Crippen molar-refractivity contribution in [2.24, 2.45) is 0 Å². The first kappa shape index (κ1) is 24.8. The van der Waals surface area contributed by atoms with Gasteiger partial charge >= 0.3 is 0 Å². The summed E-state index contributed by atoms with van der Waals surface area (Å²) in [6.07, 6.45) is 7.55. The number of benzene rings is 4. The van der Waals surface area contributed by atoms with Crippen molar-refractivity contribution in [2.45, 2.75) is 71.6 Å². The van der Waals surface area contributed by atoms with Gasteiger partial charge in [0.15, 0.2) is 0 Å². The van der Waals surface area contributed by atoms with Gasteiger partial charge in [0.1, 0.15) is 17.2 Å². The maximum absolute atomic E-state index is 6.67. The zero-order valence-corrected chi connectivity index (χ0v) is 23.2. The molecule has 6 rings (SSSR count). The number of hydrogen-bond donors (Lipinski definition) is 0. The van der Waals surface area contributed by atoms with E-state index in [4.69, 9.17) is 9.47 Å². The van der Waals surface area contributed by atoms with E-state index in [0.29, 0.717) is 0 Å². The Bertz CT molecular complexity index is 1440. The fourth-order valence-electron chi connectivity index (χ4n) is 6.48. The van der Waals surface area contributed by atoms with Gasteiger partial charge in [0.25, 0.3) is 0 Å². The van der Waals surface area contributed by atoms with Crippen molar-refractivity contribution in [3.63, 3.8) is 0 Å². The van der Waals surface area contributed by atoms with E-state index in [9.17, 15) is 0 Å². The van der Waals surface area contributed by atoms with E-state index in [1.165, 1.54) is 82.2 Å². The molecule has 0 saturated carbocycles. The quantitative estimate of drug-likeness (QED) is 0.193. The predicted molar refractivity (Wildman–Crippen MR) is 157 cm³/mol. The van der Waals surface area contributed by atoms with E-state index < -0.39 is 5.41 Å². The molecule has 4 aromatic carbocycles. The third kappa shape index (κ3) is 4.02. The van der Waals surface area contributed by atoms with Crippen LogP contribution in [0.3, 0.4) is 0 Å². The molecule has 0 bridgehead atoms. The lowest BCUT2D eigenvalue weighted by molar-refractivity contribution is 0.302. The monoisotopic (exact) mass is 502 g/mol. The summed E-state index contributed by atoms with van der Waals surface area (Å²) in [7, 11) is 0. The van der Waals surface area contributed by atoms with Gasteiger partial charge < -0.3 is 9.47 Å². The minimum absolute atomic E-state index is 0.420. The van der Waals surface area contributed by atoms with Gasteiger partial charge in [0.2, 0.25) is 0 Å². The topological polar surface area (TPSA) is 18.5 Å². The van der Waals surface area contributed by atoms with Crippen LogP contribution in [0.4, 0.5) is 0 Å². The van der Waals surface area contributed by atoms with Gasteiger partial charge in [0.05, 0.1) is 12.0 Å². The summed E-state index contributed by atoms with van der Waals surface area (Å²) in [6, 6.07) is 27.0. The first-order chi connectivity index (χ1) is 18.5. The zero-order chi connectivity index (χ0) is 26.3. The highest BCUT2D eigenvalue weighted by atomic mass is 16.5. The highest BCUT2D eigenvalue weighted by molar-refractivity contribution is 5.89. The van der Waals surface area contributed by atoms with Crippen molar-refractivity contribution in [1.82, 2.24) is 0 Å². The number of unbranched alkanes of at least 4 members (excludes halogenated alkanes) is 5. The molecule has 1 aliphatic carbocycles. The lowest BCUT2D eigenvalue weighted by Crippen LogP contribution is -2.32. The second-order valence-corrected chi connectivity index (χ2v) is 11.2. The number of aryl methyl sites for hydroxylation is 3. The summed E-state index contributed by atoms with van der Waals surface area (Å²) in [6.45, 7) is 9.53. The van der Waals surface area contributed by atoms with Gasteiger partial charge in [-0.15, -0.1) is 0 Å². The lowest BCUT2D eigenvalue weighted by atomic mass is 9.65. The van der Waals surface area contributed by atoms with Crippen molar-refractivity contribution < 1.29 is 9.47 Å². The molecule has 1 spiro atoms. The number of ether oxygens (including phenoxy) is 2. The highest BCUT2D eigenvalue weighted by Crippen LogP contribution is 2.62. The van der Waals surface area contributed by atoms with Crippen molar-refractivity contribution in [3.8, 4) is 28.4 Å². The minimum Gasteiger partial charge on any atom is -0.493 e. The Balaban J connectivity index is 1.46. The predicted octanol–water partition coefficient (Wildman–Crippen LogP) is 9.82. The molecule has 0 fully saturated rings. The smallest absolute Gasteiger partial charge is 0.135 e. The Labute approximate surface area is 227 Å². The molecule has 194 valence electrons. The Hall–Kier alpha value is -3.52. The van der Waals surface area contributed by atoms with E-state index in [0.717, 1.165) is 30.3 Å². The maximum atomic E-state index is 6.67. The summed E-state index contributed by atoms with van der Waals surface area (Å²) in [5.41, 5.74) is 11.0. The molecule has 0 atom stereocenters. The summed E-state index contributed by atoms with van der Waals surface area (Å²) in [5, 5.41) is 0. The molecule has 4 aromatic rings. The molecule has 38 heavy (non-hydrogen) atoms. The summed E-state index contributed by atoms with van der Waals surface area (Å²) in [4.78, 5) is 0. The van der Waals surface area contributed by atoms with Crippen molar-refractivity contribution >= 4 is 0 Å². The number of fused-ring (bicyclic) bond motifs is 9. The van der Waals surface area contributed by atoms with Crippen LogP contribution in [0, 0.1) is 20.8 Å². The van der Waals surface area contributed by atoms with E-state index in [2.05, 4.69) is 100 Å². The molecule has 2 nitrogen and oxygen atoms in total. The fraction of sp³-hybridized carbons (Fsp3) is 0.333. The first-order valence-electron chi connectivity index (χ1n) is 14.3. The molecule has 0 amide bonds. The van der Waals surface area contributed by atoms with E-state index in [1.54, 1.807) is 0 Å². The van der Waals surface area contributed by atoms with Crippen molar-refractivity contribution in [2.75, 3.05) is 6.61 Å². The zero-order valence-electron chi connectivity index (χ0n) is 23.2. The average Bonchev–Trinajstić information content (AvgIpc) is 3.17. The van der Waals surface area contributed by atoms with Gasteiger partial charge in [0, 0.05) is 17.2 Å². The summed E-state index contributed by atoms with van der Waals surface area (Å²) < 4.78 is 12.9. The van der Waals surface area contributed by atoms with Crippen LogP contribution in [0.5, 0.6) is 17.2 Å². The first-order valence-corrected chi connectivity index (χ1v) is 14.3. The van der Waals surface area contributed by atoms with Crippen LogP contribution >= 0.6 is 0 Å². The van der Waals surface area contributed by atoms with E-state index in [1.807, 2.05) is 0 Å². The molecule has 0 aromatic heterocycles. The van der Waals surface area contributed by atoms with E-state index in [-0.39, 0.29) is 0 Å². The number of rotatable bonds is 8. The molecule has 0 unspecified atom stereocenters. The molecule has 2 heteroatoms. The number of hydrogen-bond acceptors (Lipinski definition) is 2. The fourth-order valence-corrected chi connectivity index (χ4v) is 6.48. The standard InChI is InChI=1S/C36H38O2/c1-5-6-7-8-9-10-19-37-27-14-18-31-35(23-27)38-34-22-26(4)13-17-30(34)36(31)32-20-24(2)11-15-28(32)29-16-12-25(3)21-33(29)36/h11-18,20-23H,5-10,19H2,1-4H3. The van der Waals surface area contributed by atoms with Crippen LogP contribution in [0.25, 0.3) is 11.1 Å². The SMILES string of the molecule is CCCCCCCCOc1ccc2c(c1)Oc1cc(C)ccc1C21c2cc(C)ccc2-c2ccc(C)cc21. The average molecular weight is 503 g/mol. The third-order valence-corrected chi connectivity index (χ3v) is 8.33. The van der Waals surface area contributed by atoms with Gasteiger partial charge in [-0.25, -0.2) is 0 Å². The molecule has 0 N–H and O–H groups in total. The van der Waals surface area contributed by atoms with Gasteiger partial charge in [-0.05, 0) is 67.1 Å². The Morgan fingerprint density at radius 1 is 0.579 bits per heavy atom. The van der Waals surface area contributed by atoms with Gasteiger partial charge in [-0.1, -0.05) is 105 Å². The summed E-state index contributed by atoms with van der Waals surface area (Å²) in [5.74, 6) is 2.72. The van der Waals surface area contributed by atoms with Crippen molar-refractivity contribution in [3.05, 3.63) is 112 Å². The minimum atomic E-state index is -0.420. The largest absolute Gasteiger partial charge is 0.493 e. The molecular weight excluding hydrogens is 464 g/mol.